The third-order valence-electron chi connectivity index (χ3n) is 6.96. The van der Waals surface area contributed by atoms with Crippen LogP contribution in [0.4, 0.5) is 14.7 Å². The maximum Gasteiger partial charge on any atom is 0.228 e. The number of halogens is 2. The van der Waals surface area contributed by atoms with Gasteiger partial charge in [-0.05, 0) is 44.7 Å². The van der Waals surface area contributed by atoms with Crippen molar-refractivity contribution < 1.29 is 18.3 Å². The number of benzene rings is 1. The smallest absolute Gasteiger partial charge is 0.228 e. The minimum absolute atomic E-state index is 0.000618. The molecule has 1 aliphatic heterocycles. The van der Waals surface area contributed by atoms with Crippen molar-refractivity contribution in [3.63, 3.8) is 0 Å². The molecule has 1 aromatic carbocycles. The number of nitrogens with zero attached hydrogens (tertiary/aromatic N) is 7. The summed E-state index contributed by atoms with van der Waals surface area (Å²) in [5.41, 5.74) is 3.53. The highest BCUT2D eigenvalue weighted by Gasteiger charge is 2.40. The summed E-state index contributed by atoms with van der Waals surface area (Å²) in [7, 11) is 1.62. The van der Waals surface area contributed by atoms with Gasteiger partial charge < -0.3 is 14.4 Å². The summed E-state index contributed by atoms with van der Waals surface area (Å²) in [6, 6.07) is 3.45. The Balaban J connectivity index is 1.44. The Hall–Kier alpha value is -3.57. The molecular formula is C26H27F2N7O2. The van der Waals surface area contributed by atoms with Gasteiger partial charge >= 0.3 is 0 Å². The van der Waals surface area contributed by atoms with Gasteiger partial charge in [0.15, 0.2) is 5.65 Å². The van der Waals surface area contributed by atoms with Crippen LogP contribution in [0.1, 0.15) is 35.9 Å². The average molecular weight is 508 g/mol. The SMILES string of the molecule is COCn1cc([C@H]2CN(c3nc(-c4ccc(F)cc4F)c4nc(C)c(C)nc4n3)C[C@H](C3CC3)O2)cn1. The van der Waals surface area contributed by atoms with Crippen LogP contribution in [0, 0.1) is 31.4 Å². The zero-order valence-corrected chi connectivity index (χ0v) is 20.9. The first-order valence-corrected chi connectivity index (χ1v) is 12.3. The Labute approximate surface area is 212 Å². The molecule has 4 aromatic rings. The molecule has 1 aliphatic carbocycles. The van der Waals surface area contributed by atoms with Crippen LogP contribution in [0.15, 0.2) is 30.6 Å². The van der Waals surface area contributed by atoms with Crippen molar-refractivity contribution in [1.29, 1.82) is 0 Å². The number of ether oxygens (including phenoxy) is 2. The molecule has 1 saturated carbocycles. The molecule has 0 bridgehead atoms. The van der Waals surface area contributed by atoms with Crippen molar-refractivity contribution in [2.45, 2.75) is 45.6 Å². The molecule has 0 unspecified atom stereocenters. The lowest BCUT2D eigenvalue weighted by atomic mass is 10.1. The molecule has 2 atom stereocenters. The minimum atomic E-state index is -0.716. The lowest BCUT2D eigenvalue weighted by Crippen LogP contribution is -2.45. The number of fused-ring (bicyclic) bond motifs is 1. The maximum absolute atomic E-state index is 14.9. The number of rotatable bonds is 6. The third-order valence-corrected chi connectivity index (χ3v) is 6.96. The molecule has 1 saturated heterocycles. The first-order chi connectivity index (χ1) is 17.9. The second-order valence-corrected chi connectivity index (χ2v) is 9.70. The summed E-state index contributed by atoms with van der Waals surface area (Å²) < 4.78 is 42.0. The van der Waals surface area contributed by atoms with Gasteiger partial charge in [0, 0.05) is 37.0 Å². The number of hydrogen-bond acceptors (Lipinski definition) is 8. The van der Waals surface area contributed by atoms with Crippen molar-refractivity contribution >= 4 is 17.1 Å². The molecule has 6 rings (SSSR count). The molecule has 192 valence electrons. The van der Waals surface area contributed by atoms with E-state index in [9.17, 15) is 8.78 Å². The van der Waals surface area contributed by atoms with Gasteiger partial charge in [-0.1, -0.05) is 0 Å². The maximum atomic E-state index is 14.9. The molecular weight excluding hydrogens is 480 g/mol. The number of methoxy groups -OCH3 is 1. The highest BCUT2D eigenvalue weighted by atomic mass is 19.1. The minimum Gasteiger partial charge on any atom is -0.366 e. The Kier molecular flexibility index (Phi) is 6.04. The first-order valence-electron chi connectivity index (χ1n) is 12.3. The molecule has 3 aromatic heterocycles. The van der Waals surface area contributed by atoms with Crippen molar-refractivity contribution in [3.8, 4) is 11.3 Å². The van der Waals surface area contributed by atoms with Gasteiger partial charge in [-0.25, -0.2) is 28.4 Å². The summed E-state index contributed by atoms with van der Waals surface area (Å²) in [4.78, 5) is 20.9. The lowest BCUT2D eigenvalue weighted by molar-refractivity contribution is -0.0390. The highest BCUT2D eigenvalue weighted by Crippen LogP contribution is 2.40. The van der Waals surface area contributed by atoms with Gasteiger partial charge in [-0.2, -0.15) is 10.1 Å². The van der Waals surface area contributed by atoms with Gasteiger partial charge in [-0.3, -0.25) is 0 Å². The third kappa shape index (κ3) is 4.64. The Bertz CT molecular complexity index is 1470. The lowest BCUT2D eigenvalue weighted by Gasteiger charge is -2.38. The normalized spacial score (nSPS) is 20.1. The Morgan fingerprint density at radius 3 is 2.62 bits per heavy atom. The zero-order chi connectivity index (χ0) is 25.7. The predicted molar refractivity (Wildman–Crippen MR) is 132 cm³/mol. The van der Waals surface area contributed by atoms with E-state index in [1.54, 1.807) is 18.0 Å². The van der Waals surface area contributed by atoms with Gasteiger partial charge in [0.2, 0.25) is 5.95 Å². The molecule has 9 nitrogen and oxygen atoms in total. The van der Waals surface area contributed by atoms with Crippen LogP contribution in [0.5, 0.6) is 0 Å². The van der Waals surface area contributed by atoms with E-state index in [1.165, 1.54) is 12.1 Å². The fraction of sp³-hybridized carbons (Fsp3) is 0.423. The molecule has 11 heteroatoms. The van der Waals surface area contributed by atoms with Crippen LogP contribution < -0.4 is 4.90 Å². The molecule has 0 spiro atoms. The van der Waals surface area contributed by atoms with E-state index in [0.29, 0.717) is 48.5 Å². The standard InChI is InChI=1S/C26H27F2N7O2/c1-14-15(2)31-25-24(30-14)23(19-7-6-18(27)8-20(19)28)32-26(33-25)34-11-21(16-4-5-16)37-22(12-34)17-9-29-35(10-17)13-36-3/h6-10,16,21-22H,4-5,11-13H2,1-3H3/t21-,22-/m1/s1. The molecule has 4 heterocycles. The van der Waals surface area contributed by atoms with Crippen LogP contribution in [0.25, 0.3) is 22.4 Å². The molecule has 0 amide bonds. The second-order valence-electron chi connectivity index (χ2n) is 9.70. The van der Waals surface area contributed by atoms with Gasteiger partial charge in [0.1, 0.15) is 35.7 Å². The van der Waals surface area contributed by atoms with E-state index in [4.69, 9.17) is 19.4 Å². The summed E-state index contributed by atoms with van der Waals surface area (Å²) in [5, 5.41) is 4.37. The Morgan fingerprint density at radius 2 is 1.86 bits per heavy atom. The van der Waals surface area contributed by atoms with Gasteiger partial charge in [0.25, 0.3) is 0 Å². The predicted octanol–water partition coefficient (Wildman–Crippen LogP) is 4.14. The van der Waals surface area contributed by atoms with Crippen molar-refractivity contribution in [1.82, 2.24) is 29.7 Å². The second kappa shape index (κ2) is 9.38. The van der Waals surface area contributed by atoms with E-state index in [1.807, 2.05) is 20.0 Å². The van der Waals surface area contributed by atoms with E-state index in [2.05, 4.69) is 20.0 Å². The topological polar surface area (TPSA) is 91.1 Å². The van der Waals surface area contributed by atoms with Gasteiger partial charge in [-0.15, -0.1) is 0 Å². The first kappa shape index (κ1) is 23.8. The largest absolute Gasteiger partial charge is 0.366 e. The Morgan fingerprint density at radius 1 is 1.05 bits per heavy atom. The number of aryl methyl sites for hydroxylation is 2. The number of anilines is 1. The fourth-order valence-corrected chi connectivity index (χ4v) is 4.72. The summed E-state index contributed by atoms with van der Waals surface area (Å²) in [6.45, 7) is 5.12. The van der Waals surface area contributed by atoms with Crippen molar-refractivity contribution in [3.05, 3.63) is 59.2 Å². The number of hydrogen-bond donors (Lipinski definition) is 0. The number of aromatic nitrogens is 6. The van der Waals surface area contributed by atoms with Crippen LogP contribution in [-0.2, 0) is 16.2 Å². The van der Waals surface area contributed by atoms with Crippen LogP contribution in [0.2, 0.25) is 0 Å². The van der Waals surface area contributed by atoms with Crippen LogP contribution in [-0.4, -0.2) is 56.0 Å². The number of morpholine rings is 1. The van der Waals surface area contributed by atoms with Crippen LogP contribution in [0.3, 0.4) is 0 Å². The molecule has 0 radical (unpaired) electrons. The molecule has 2 aliphatic rings. The average Bonchev–Trinajstić information content (AvgIpc) is 3.63. The summed E-state index contributed by atoms with van der Waals surface area (Å²) in [6.07, 6.45) is 5.68. The van der Waals surface area contributed by atoms with Gasteiger partial charge in [0.05, 0.1) is 30.2 Å². The molecule has 37 heavy (non-hydrogen) atoms. The van der Waals surface area contributed by atoms with E-state index < -0.39 is 11.6 Å². The van der Waals surface area contributed by atoms with E-state index >= 15 is 0 Å². The van der Waals surface area contributed by atoms with Crippen molar-refractivity contribution in [2.75, 3.05) is 25.1 Å². The highest BCUT2D eigenvalue weighted by molar-refractivity contribution is 5.88. The summed E-state index contributed by atoms with van der Waals surface area (Å²) in [5.74, 6) is -0.493. The van der Waals surface area contributed by atoms with E-state index in [0.717, 1.165) is 30.2 Å². The molecule has 0 N–H and O–H groups in total. The zero-order valence-electron chi connectivity index (χ0n) is 20.9. The summed E-state index contributed by atoms with van der Waals surface area (Å²) >= 11 is 0. The quantitative estimate of drug-likeness (QED) is 0.385. The fourth-order valence-electron chi connectivity index (χ4n) is 4.72. The van der Waals surface area contributed by atoms with Crippen molar-refractivity contribution in [2.24, 2.45) is 5.92 Å². The van der Waals surface area contributed by atoms with E-state index in [-0.39, 0.29) is 23.5 Å². The monoisotopic (exact) mass is 507 g/mol. The molecule has 2 fully saturated rings. The van der Waals surface area contributed by atoms with Crippen LogP contribution >= 0.6 is 0 Å².